The third-order valence-corrected chi connectivity index (χ3v) is 5.09. The zero-order valence-corrected chi connectivity index (χ0v) is 15.0. The van der Waals surface area contributed by atoms with Gasteiger partial charge in [-0.3, -0.25) is 4.90 Å². The molecule has 1 aromatic rings. The van der Waals surface area contributed by atoms with E-state index in [-0.39, 0.29) is 24.8 Å². The van der Waals surface area contributed by atoms with E-state index >= 15 is 0 Å². The van der Waals surface area contributed by atoms with E-state index in [9.17, 15) is 0 Å². The molecule has 0 radical (unpaired) electrons. The number of nitrogens with zero attached hydrogens (tertiary/aromatic N) is 1. The number of hydrogen-bond acceptors (Lipinski definition) is 3. The molecule has 1 heterocycles. The molecule has 2 nitrogen and oxygen atoms in total. The number of thioether (sulfide) groups is 1. The molecule has 1 aliphatic carbocycles. The summed E-state index contributed by atoms with van der Waals surface area (Å²) in [6.45, 7) is 4.68. The van der Waals surface area contributed by atoms with Crippen LogP contribution in [0.5, 0.6) is 0 Å². The summed E-state index contributed by atoms with van der Waals surface area (Å²) in [5.74, 6) is 0.986. The monoisotopic (exact) mass is 348 g/mol. The Bertz CT molecular complexity index is 403. The Labute approximate surface area is 145 Å². The molecule has 1 atom stereocenters. The van der Waals surface area contributed by atoms with Gasteiger partial charge in [0.15, 0.2) is 0 Å². The molecule has 3 rings (SSSR count). The van der Waals surface area contributed by atoms with E-state index in [0.29, 0.717) is 6.04 Å². The fourth-order valence-corrected chi connectivity index (χ4v) is 3.39. The summed E-state index contributed by atoms with van der Waals surface area (Å²) >= 11 is 1.83. The highest BCUT2D eigenvalue weighted by Gasteiger charge is 2.30. The fraction of sp³-hybridized carbons (Fsp3) is 0.625. The van der Waals surface area contributed by atoms with Crippen LogP contribution in [0.3, 0.4) is 0 Å². The third kappa shape index (κ3) is 5.33. The highest BCUT2D eigenvalue weighted by Crippen LogP contribution is 2.40. The summed E-state index contributed by atoms with van der Waals surface area (Å²) in [5.41, 5.74) is 1.52. The van der Waals surface area contributed by atoms with Crippen molar-refractivity contribution in [2.75, 3.05) is 32.4 Å². The molecule has 1 saturated carbocycles. The van der Waals surface area contributed by atoms with E-state index in [4.69, 9.17) is 0 Å². The smallest absolute Gasteiger partial charge is 0.0351 e. The van der Waals surface area contributed by atoms with Gasteiger partial charge in [-0.25, -0.2) is 0 Å². The maximum Gasteiger partial charge on any atom is 0.0351 e. The molecular formula is C16H26Cl2N2S. The lowest BCUT2D eigenvalue weighted by Gasteiger charge is -2.35. The minimum Gasteiger partial charge on any atom is -0.314 e. The Balaban J connectivity index is 0.00000110. The number of benzene rings is 1. The maximum absolute atomic E-state index is 3.46. The topological polar surface area (TPSA) is 15.3 Å². The lowest BCUT2D eigenvalue weighted by molar-refractivity contribution is 0.160. The van der Waals surface area contributed by atoms with E-state index < -0.39 is 0 Å². The van der Waals surface area contributed by atoms with Crippen molar-refractivity contribution in [3.05, 3.63) is 29.8 Å². The van der Waals surface area contributed by atoms with E-state index in [1.165, 1.54) is 42.8 Å². The Morgan fingerprint density at radius 1 is 1.14 bits per heavy atom. The van der Waals surface area contributed by atoms with Gasteiger partial charge >= 0.3 is 0 Å². The first-order valence-corrected chi connectivity index (χ1v) is 8.68. The number of rotatable bonds is 5. The van der Waals surface area contributed by atoms with Gasteiger partial charge < -0.3 is 5.32 Å². The van der Waals surface area contributed by atoms with Gasteiger partial charge in [0.05, 0.1) is 0 Å². The largest absolute Gasteiger partial charge is 0.314 e. The summed E-state index contributed by atoms with van der Waals surface area (Å²) < 4.78 is 0. The van der Waals surface area contributed by atoms with Crippen molar-refractivity contribution in [1.82, 2.24) is 10.2 Å². The molecular weight excluding hydrogens is 323 g/mol. The number of hydrogen-bond donors (Lipinski definition) is 1. The molecule has 0 aromatic heterocycles. The Hall–Kier alpha value is 0.0700. The predicted molar refractivity (Wildman–Crippen MR) is 97.2 cm³/mol. The Morgan fingerprint density at radius 2 is 1.76 bits per heavy atom. The molecule has 0 unspecified atom stereocenters. The predicted octanol–water partition coefficient (Wildman–Crippen LogP) is 4.00. The molecule has 2 aliphatic rings. The molecule has 21 heavy (non-hydrogen) atoms. The minimum absolute atomic E-state index is 0. The molecule has 0 amide bonds. The van der Waals surface area contributed by atoms with Crippen molar-refractivity contribution in [2.45, 2.75) is 30.2 Å². The first-order valence-electron chi connectivity index (χ1n) is 7.45. The second kappa shape index (κ2) is 9.26. The SMILES string of the molecule is CSc1ccc([C@@H](CC2CC2)N2CCNCC2)cc1.Cl.Cl. The van der Waals surface area contributed by atoms with Crippen LogP contribution in [0.25, 0.3) is 0 Å². The van der Waals surface area contributed by atoms with Crippen LogP contribution < -0.4 is 5.32 Å². The van der Waals surface area contributed by atoms with Crippen molar-refractivity contribution in [1.29, 1.82) is 0 Å². The van der Waals surface area contributed by atoms with Crippen LogP contribution in [0.2, 0.25) is 0 Å². The first-order chi connectivity index (χ1) is 9.36. The average molecular weight is 349 g/mol. The minimum atomic E-state index is 0. The molecule has 1 saturated heterocycles. The number of piperazine rings is 1. The zero-order chi connectivity index (χ0) is 13.1. The van der Waals surface area contributed by atoms with Crippen LogP contribution in [-0.4, -0.2) is 37.3 Å². The maximum atomic E-state index is 3.46. The van der Waals surface area contributed by atoms with Crippen LogP contribution in [0, 0.1) is 5.92 Å². The van der Waals surface area contributed by atoms with Crippen molar-refractivity contribution < 1.29 is 0 Å². The molecule has 0 spiro atoms. The lowest BCUT2D eigenvalue weighted by atomic mass is 9.99. The van der Waals surface area contributed by atoms with Gasteiger partial charge in [0.1, 0.15) is 0 Å². The van der Waals surface area contributed by atoms with Gasteiger partial charge in [-0.1, -0.05) is 25.0 Å². The molecule has 1 aromatic carbocycles. The molecule has 120 valence electrons. The van der Waals surface area contributed by atoms with Crippen LogP contribution in [0.15, 0.2) is 29.2 Å². The summed E-state index contributed by atoms with van der Waals surface area (Å²) in [4.78, 5) is 4.05. The van der Waals surface area contributed by atoms with Crippen molar-refractivity contribution >= 4 is 36.6 Å². The van der Waals surface area contributed by atoms with Crippen molar-refractivity contribution in [2.24, 2.45) is 5.92 Å². The third-order valence-electron chi connectivity index (χ3n) is 4.35. The van der Waals surface area contributed by atoms with E-state index in [1.54, 1.807) is 0 Å². The van der Waals surface area contributed by atoms with Crippen molar-refractivity contribution in [3.63, 3.8) is 0 Å². The van der Waals surface area contributed by atoms with E-state index in [2.05, 4.69) is 40.7 Å². The first kappa shape index (κ1) is 19.1. The Morgan fingerprint density at radius 3 is 2.29 bits per heavy atom. The Kier molecular flexibility index (Phi) is 8.43. The molecule has 0 bridgehead atoms. The average Bonchev–Trinajstić information content (AvgIpc) is 3.30. The standard InChI is InChI=1S/C16H24N2S.2ClH/c1-19-15-6-4-14(5-7-15)16(12-13-2-3-13)18-10-8-17-9-11-18;;/h4-7,13,16-17H,2-3,8-12H2,1H3;2*1H/t16-;;/m1../s1. The van der Waals surface area contributed by atoms with Crippen LogP contribution in [0.4, 0.5) is 0 Å². The lowest BCUT2D eigenvalue weighted by Crippen LogP contribution is -2.45. The second-order valence-electron chi connectivity index (χ2n) is 5.75. The molecule has 5 heteroatoms. The van der Waals surface area contributed by atoms with E-state index in [0.717, 1.165) is 19.0 Å². The molecule has 2 fully saturated rings. The van der Waals surface area contributed by atoms with Gasteiger partial charge in [-0.05, 0) is 36.3 Å². The number of nitrogens with one attached hydrogen (secondary N) is 1. The summed E-state index contributed by atoms with van der Waals surface area (Å²) in [6, 6.07) is 9.90. The van der Waals surface area contributed by atoms with Crippen molar-refractivity contribution in [3.8, 4) is 0 Å². The van der Waals surface area contributed by atoms with Crippen LogP contribution in [-0.2, 0) is 0 Å². The number of halogens is 2. The normalized spacial score (nSPS) is 20.2. The highest BCUT2D eigenvalue weighted by molar-refractivity contribution is 7.98. The second-order valence-corrected chi connectivity index (χ2v) is 6.63. The summed E-state index contributed by atoms with van der Waals surface area (Å²) in [7, 11) is 0. The summed E-state index contributed by atoms with van der Waals surface area (Å²) in [6.07, 6.45) is 6.41. The molecule has 1 aliphatic heterocycles. The van der Waals surface area contributed by atoms with Gasteiger partial charge in [0.2, 0.25) is 0 Å². The van der Waals surface area contributed by atoms with E-state index in [1.807, 2.05) is 11.8 Å². The van der Waals surface area contributed by atoms with Crippen LogP contribution >= 0.6 is 36.6 Å². The fourth-order valence-electron chi connectivity index (χ4n) is 2.99. The van der Waals surface area contributed by atoms with Gasteiger partial charge in [0.25, 0.3) is 0 Å². The summed E-state index contributed by atoms with van der Waals surface area (Å²) in [5, 5.41) is 3.46. The molecule has 1 N–H and O–H groups in total. The van der Waals surface area contributed by atoms with Gasteiger partial charge in [0, 0.05) is 37.1 Å². The van der Waals surface area contributed by atoms with Crippen LogP contribution in [0.1, 0.15) is 30.9 Å². The zero-order valence-electron chi connectivity index (χ0n) is 12.6. The quantitative estimate of drug-likeness (QED) is 0.809. The highest BCUT2D eigenvalue weighted by atomic mass is 35.5. The van der Waals surface area contributed by atoms with Gasteiger partial charge in [-0.2, -0.15) is 0 Å². The van der Waals surface area contributed by atoms with Gasteiger partial charge in [-0.15, -0.1) is 36.6 Å².